The molecular formula is C21H21N3O5S. The molecule has 0 aliphatic rings. The van der Waals surface area contributed by atoms with Crippen molar-refractivity contribution < 1.29 is 22.7 Å². The molecule has 0 amide bonds. The SMILES string of the molecule is COC(=O)c1ccc(NCc2cccnc2)c(S(=O)(=O)Nc2ccc(OC)cc2)c1. The van der Waals surface area contributed by atoms with E-state index < -0.39 is 16.0 Å². The van der Waals surface area contributed by atoms with Crippen LogP contribution in [0.4, 0.5) is 11.4 Å². The van der Waals surface area contributed by atoms with Gasteiger partial charge in [0, 0.05) is 24.6 Å². The average Bonchev–Trinajstić information content (AvgIpc) is 2.78. The summed E-state index contributed by atoms with van der Waals surface area (Å²) in [5, 5.41) is 3.09. The van der Waals surface area contributed by atoms with E-state index in [1.165, 1.54) is 32.4 Å². The van der Waals surface area contributed by atoms with Crippen LogP contribution in [0.3, 0.4) is 0 Å². The zero-order valence-corrected chi connectivity index (χ0v) is 17.3. The van der Waals surface area contributed by atoms with E-state index >= 15 is 0 Å². The van der Waals surface area contributed by atoms with E-state index in [9.17, 15) is 13.2 Å². The van der Waals surface area contributed by atoms with Crippen molar-refractivity contribution >= 4 is 27.4 Å². The number of esters is 1. The smallest absolute Gasteiger partial charge is 0.337 e. The Morgan fingerprint density at radius 2 is 1.83 bits per heavy atom. The van der Waals surface area contributed by atoms with Crippen molar-refractivity contribution in [1.82, 2.24) is 4.98 Å². The number of aromatic nitrogens is 1. The minimum Gasteiger partial charge on any atom is -0.497 e. The summed E-state index contributed by atoms with van der Waals surface area (Å²) in [7, 11) is -1.25. The van der Waals surface area contributed by atoms with Gasteiger partial charge in [0.15, 0.2) is 0 Å². The predicted molar refractivity (Wildman–Crippen MR) is 113 cm³/mol. The van der Waals surface area contributed by atoms with Gasteiger partial charge in [0.25, 0.3) is 10.0 Å². The molecule has 1 heterocycles. The van der Waals surface area contributed by atoms with Gasteiger partial charge in [-0.2, -0.15) is 0 Å². The molecular weight excluding hydrogens is 406 g/mol. The summed E-state index contributed by atoms with van der Waals surface area (Å²) in [6.45, 7) is 0.358. The topological polar surface area (TPSA) is 107 Å². The summed E-state index contributed by atoms with van der Waals surface area (Å²) in [5.74, 6) is -0.0285. The van der Waals surface area contributed by atoms with Gasteiger partial charge in [-0.15, -0.1) is 0 Å². The third-order valence-electron chi connectivity index (χ3n) is 4.24. The number of nitrogens with zero attached hydrogens (tertiary/aromatic N) is 1. The number of rotatable bonds is 8. The number of pyridine rings is 1. The number of carbonyl (C=O) groups is 1. The van der Waals surface area contributed by atoms with Gasteiger partial charge in [-0.1, -0.05) is 6.07 Å². The molecule has 0 fully saturated rings. The van der Waals surface area contributed by atoms with Crippen LogP contribution in [0.25, 0.3) is 0 Å². The van der Waals surface area contributed by atoms with Crippen molar-refractivity contribution in [2.24, 2.45) is 0 Å². The van der Waals surface area contributed by atoms with Crippen molar-refractivity contribution in [3.8, 4) is 5.75 Å². The second-order valence-corrected chi connectivity index (χ2v) is 7.90. The number of carbonyl (C=O) groups excluding carboxylic acids is 1. The Labute approximate surface area is 174 Å². The minimum absolute atomic E-state index is 0.0786. The molecule has 30 heavy (non-hydrogen) atoms. The second kappa shape index (κ2) is 9.27. The summed E-state index contributed by atoms with van der Waals surface area (Å²) < 4.78 is 38.5. The second-order valence-electron chi connectivity index (χ2n) is 6.25. The number of anilines is 2. The van der Waals surface area contributed by atoms with Crippen molar-refractivity contribution in [2.75, 3.05) is 24.3 Å². The van der Waals surface area contributed by atoms with E-state index in [-0.39, 0.29) is 10.5 Å². The Kier molecular flexibility index (Phi) is 6.53. The van der Waals surface area contributed by atoms with Gasteiger partial charge >= 0.3 is 5.97 Å². The van der Waals surface area contributed by atoms with E-state index in [1.54, 1.807) is 42.7 Å². The zero-order valence-electron chi connectivity index (χ0n) is 16.5. The van der Waals surface area contributed by atoms with Crippen molar-refractivity contribution in [1.29, 1.82) is 0 Å². The largest absolute Gasteiger partial charge is 0.497 e. The Balaban J connectivity index is 1.94. The first-order chi connectivity index (χ1) is 14.4. The van der Waals surface area contributed by atoms with Crippen LogP contribution in [0.2, 0.25) is 0 Å². The monoisotopic (exact) mass is 427 g/mol. The van der Waals surface area contributed by atoms with E-state index in [1.807, 2.05) is 6.07 Å². The fourth-order valence-electron chi connectivity index (χ4n) is 2.70. The van der Waals surface area contributed by atoms with Crippen molar-refractivity contribution in [3.05, 3.63) is 78.1 Å². The summed E-state index contributed by atoms with van der Waals surface area (Å²) >= 11 is 0. The predicted octanol–water partition coefficient (Wildman–Crippen LogP) is 3.29. The number of sulfonamides is 1. The van der Waals surface area contributed by atoms with Crippen molar-refractivity contribution in [3.63, 3.8) is 0 Å². The van der Waals surface area contributed by atoms with Crippen LogP contribution in [0.1, 0.15) is 15.9 Å². The average molecular weight is 427 g/mol. The van der Waals surface area contributed by atoms with Crippen LogP contribution < -0.4 is 14.8 Å². The Hall–Kier alpha value is -3.59. The zero-order chi connectivity index (χ0) is 21.6. The van der Waals surface area contributed by atoms with E-state index in [0.29, 0.717) is 23.7 Å². The highest BCUT2D eigenvalue weighted by atomic mass is 32.2. The fraction of sp³-hybridized carbons (Fsp3) is 0.143. The quantitative estimate of drug-likeness (QED) is 0.531. The maximum Gasteiger partial charge on any atom is 0.337 e. The van der Waals surface area contributed by atoms with Gasteiger partial charge in [-0.3, -0.25) is 9.71 Å². The molecule has 0 saturated carbocycles. The van der Waals surface area contributed by atoms with Gasteiger partial charge in [0.2, 0.25) is 0 Å². The number of methoxy groups -OCH3 is 2. The van der Waals surface area contributed by atoms with Crippen LogP contribution in [0, 0.1) is 0 Å². The fourth-order valence-corrected chi connectivity index (χ4v) is 3.97. The molecule has 0 radical (unpaired) electrons. The number of ether oxygens (including phenoxy) is 2. The molecule has 2 N–H and O–H groups in total. The molecule has 0 spiro atoms. The van der Waals surface area contributed by atoms with Crippen LogP contribution in [-0.2, 0) is 21.3 Å². The van der Waals surface area contributed by atoms with E-state index in [0.717, 1.165) is 5.56 Å². The first-order valence-electron chi connectivity index (χ1n) is 8.95. The Morgan fingerprint density at radius 1 is 1.07 bits per heavy atom. The molecule has 0 bridgehead atoms. The van der Waals surface area contributed by atoms with Crippen LogP contribution in [-0.4, -0.2) is 33.6 Å². The molecule has 8 nitrogen and oxygen atoms in total. The van der Waals surface area contributed by atoms with Crippen LogP contribution in [0.15, 0.2) is 71.9 Å². The van der Waals surface area contributed by atoms with E-state index in [2.05, 4.69) is 15.0 Å². The Bertz CT molecular complexity index is 1120. The van der Waals surface area contributed by atoms with Gasteiger partial charge in [0.1, 0.15) is 10.6 Å². The molecule has 0 saturated heterocycles. The molecule has 0 aliphatic carbocycles. The number of nitrogens with one attached hydrogen (secondary N) is 2. The maximum absolute atomic E-state index is 13.1. The number of benzene rings is 2. The van der Waals surface area contributed by atoms with Crippen LogP contribution >= 0.6 is 0 Å². The Morgan fingerprint density at radius 3 is 2.47 bits per heavy atom. The van der Waals surface area contributed by atoms with Gasteiger partial charge < -0.3 is 14.8 Å². The summed E-state index contributed by atoms with van der Waals surface area (Å²) in [5.41, 5.74) is 1.70. The maximum atomic E-state index is 13.1. The molecule has 3 aromatic rings. The lowest BCUT2D eigenvalue weighted by atomic mass is 10.2. The molecule has 2 aromatic carbocycles. The number of hydrogen-bond donors (Lipinski definition) is 2. The normalized spacial score (nSPS) is 10.9. The minimum atomic E-state index is -4.01. The molecule has 0 unspecified atom stereocenters. The molecule has 0 atom stereocenters. The highest BCUT2D eigenvalue weighted by Gasteiger charge is 2.21. The molecule has 156 valence electrons. The molecule has 1 aromatic heterocycles. The summed E-state index contributed by atoms with van der Waals surface area (Å²) in [6.07, 6.45) is 3.34. The van der Waals surface area contributed by atoms with E-state index in [4.69, 9.17) is 9.47 Å². The lowest BCUT2D eigenvalue weighted by Crippen LogP contribution is -2.16. The molecule has 0 aliphatic heterocycles. The third-order valence-corrected chi connectivity index (χ3v) is 5.66. The first kappa shape index (κ1) is 21.1. The highest BCUT2D eigenvalue weighted by Crippen LogP contribution is 2.27. The lowest BCUT2D eigenvalue weighted by Gasteiger charge is -2.15. The molecule has 3 rings (SSSR count). The first-order valence-corrected chi connectivity index (χ1v) is 10.4. The van der Waals surface area contributed by atoms with Crippen LogP contribution in [0.5, 0.6) is 5.75 Å². The lowest BCUT2D eigenvalue weighted by molar-refractivity contribution is 0.0600. The number of hydrogen-bond acceptors (Lipinski definition) is 7. The molecule has 9 heteroatoms. The standard InChI is InChI=1S/C21H21N3O5S/c1-28-18-8-6-17(7-9-18)24-30(26,27)20-12-16(21(25)29-2)5-10-19(20)23-14-15-4-3-11-22-13-15/h3-13,23-24H,14H2,1-2H3. The highest BCUT2D eigenvalue weighted by molar-refractivity contribution is 7.92. The summed E-state index contributed by atoms with van der Waals surface area (Å²) in [6, 6.07) is 14.4. The van der Waals surface area contributed by atoms with Gasteiger partial charge in [0.05, 0.1) is 25.5 Å². The van der Waals surface area contributed by atoms with Crippen molar-refractivity contribution in [2.45, 2.75) is 11.4 Å². The van der Waals surface area contributed by atoms with Gasteiger partial charge in [-0.05, 0) is 54.1 Å². The summed E-state index contributed by atoms with van der Waals surface area (Å²) in [4.78, 5) is 15.9. The third kappa shape index (κ3) is 5.06. The van der Waals surface area contributed by atoms with Gasteiger partial charge in [-0.25, -0.2) is 13.2 Å².